The van der Waals surface area contributed by atoms with Gasteiger partial charge in [-0.1, -0.05) is 5.10 Å². The molecule has 104 valence electrons. The predicted octanol–water partition coefficient (Wildman–Crippen LogP) is 2.34. The Morgan fingerprint density at radius 1 is 1.22 bits per heavy atom. The molecule has 0 saturated carbocycles. The van der Waals surface area contributed by atoms with Crippen molar-refractivity contribution in [2.45, 2.75) is 52.7 Å². The van der Waals surface area contributed by atoms with Gasteiger partial charge in [-0.25, -0.2) is 4.79 Å². The molecule has 0 aliphatic carbocycles. The summed E-state index contributed by atoms with van der Waals surface area (Å²) in [7, 11) is 0. The second-order valence-corrected chi connectivity index (χ2v) is 6.03. The highest BCUT2D eigenvalue weighted by molar-refractivity contribution is 5.73. The molecule has 6 nitrogen and oxygen atoms in total. The summed E-state index contributed by atoms with van der Waals surface area (Å²) in [6.45, 7) is 11.8. The predicted molar refractivity (Wildman–Crippen MR) is 67.2 cm³/mol. The lowest BCUT2D eigenvalue weighted by atomic mass is 10.2. The molecule has 0 aromatic rings. The number of amides is 1. The first-order chi connectivity index (χ1) is 8.07. The third-order valence-corrected chi connectivity index (χ3v) is 1.73. The molecule has 1 amide bonds. The SMILES string of the molecule is CC(C)(C)OC(=O)N1CCOC(OC(C)(C)C)=N1. The Morgan fingerprint density at radius 2 is 1.83 bits per heavy atom. The Balaban J connectivity index is 2.67. The van der Waals surface area contributed by atoms with Gasteiger partial charge in [-0.05, 0) is 41.5 Å². The second-order valence-electron chi connectivity index (χ2n) is 6.03. The van der Waals surface area contributed by atoms with E-state index in [0.717, 1.165) is 0 Å². The fraction of sp³-hybridized carbons (Fsp3) is 0.833. The summed E-state index contributed by atoms with van der Waals surface area (Å²) in [5.41, 5.74) is -0.967. The molecular formula is C12H22N2O4. The number of carbonyl (C=O) groups excluding carboxylic acids is 1. The van der Waals surface area contributed by atoms with Crippen molar-refractivity contribution < 1.29 is 19.0 Å². The molecule has 0 N–H and O–H groups in total. The molecule has 0 unspecified atom stereocenters. The van der Waals surface area contributed by atoms with E-state index in [1.807, 2.05) is 41.5 Å². The Kier molecular flexibility index (Phi) is 4.09. The van der Waals surface area contributed by atoms with Crippen LogP contribution in [-0.2, 0) is 14.2 Å². The third-order valence-electron chi connectivity index (χ3n) is 1.73. The van der Waals surface area contributed by atoms with Crippen molar-refractivity contribution in [3.05, 3.63) is 0 Å². The first kappa shape index (κ1) is 14.6. The highest BCUT2D eigenvalue weighted by Crippen LogP contribution is 2.14. The molecule has 1 aliphatic rings. The maximum absolute atomic E-state index is 11.8. The van der Waals surface area contributed by atoms with Crippen LogP contribution in [0, 0.1) is 0 Å². The molecule has 1 rings (SSSR count). The van der Waals surface area contributed by atoms with Crippen LogP contribution < -0.4 is 0 Å². The van der Waals surface area contributed by atoms with Crippen LogP contribution in [-0.4, -0.2) is 41.5 Å². The van der Waals surface area contributed by atoms with Gasteiger partial charge in [0.1, 0.15) is 17.8 Å². The number of ether oxygens (including phenoxy) is 3. The Morgan fingerprint density at radius 3 is 2.33 bits per heavy atom. The van der Waals surface area contributed by atoms with Gasteiger partial charge in [-0.2, -0.15) is 5.01 Å². The Labute approximate surface area is 108 Å². The van der Waals surface area contributed by atoms with E-state index in [2.05, 4.69) is 5.10 Å². The lowest BCUT2D eigenvalue weighted by molar-refractivity contribution is 0.000214. The number of hydrogen-bond acceptors (Lipinski definition) is 5. The molecule has 1 aliphatic heterocycles. The van der Waals surface area contributed by atoms with Crippen LogP contribution in [0.1, 0.15) is 41.5 Å². The van der Waals surface area contributed by atoms with Crippen LogP contribution >= 0.6 is 0 Å². The van der Waals surface area contributed by atoms with E-state index in [-0.39, 0.29) is 6.08 Å². The third kappa shape index (κ3) is 5.25. The molecule has 0 aromatic carbocycles. The molecule has 0 atom stereocenters. The van der Waals surface area contributed by atoms with Crippen molar-refractivity contribution in [3.63, 3.8) is 0 Å². The molecule has 0 radical (unpaired) electrons. The maximum Gasteiger partial charge on any atom is 0.431 e. The summed E-state index contributed by atoms with van der Waals surface area (Å²) in [5, 5.41) is 5.20. The highest BCUT2D eigenvalue weighted by Gasteiger charge is 2.27. The van der Waals surface area contributed by atoms with E-state index in [9.17, 15) is 4.79 Å². The summed E-state index contributed by atoms with van der Waals surface area (Å²) in [6, 6.07) is 0. The molecule has 0 saturated heterocycles. The van der Waals surface area contributed by atoms with E-state index in [1.54, 1.807) is 0 Å². The van der Waals surface area contributed by atoms with Crippen molar-refractivity contribution >= 4 is 12.2 Å². The largest absolute Gasteiger partial charge is 0.447 e. The van der Waals surface area contributed by atoms with Gasteiger partial charge in [0.15, 0.2) is 0 Å². The Bertz CT molecular complexity index is 339. The van der Waals surface area contributed by atoms with E-state index in [1.165, 1.54) is 5.01 Å². The van der Waals surface area contributed by atoms with Crippen molar-refractivity contribution in [1.82, 2.24) is 5.01 Å². The smallest absolute Gasteiger partial charge is 0.431 e. The van der Waals surface area contributed by atoms with Gasteiger partial charge in [-0.15, -0.1) is 0 Å². The minimum absolute atomic E-state index is 0.0969. The highest BCUT2D eigenvalue weighted by atomic mass is 16.7. The van der Waals surface area contributed by atoms with Crippen LogP contribution in [0.4, 0.5) is 4.79 Å². The topological polar surface area (TPSA) is 60.4 Å². The van der Waals surface area contributed by atoms with Crippen LogP contribution in [0.15, 0.2) is 5.10 Å². The van der Waals surface area contributed by atoms with E-state index < -0.39 is 17.3 Å². The summed E-state index contributed by atoms with van der Waals surface area (Å²) >= 11 is 0. The number of rotatable bonds is 0. The average molecular weight is 258 g/mol. The van der Waals surface area contributed by atoms with Crippen LogP contribution in [0.25, 0.3) is 0 Å². The number of hydrogen-bond donors (Lipinski definition) is 0. The lowest BCUT2D eigenvalue weighted by Crippen LogP contribution is -2.41. The molecule has 6 heteroatoms. The minimum Gasteiger partial charge on any atom is -0.447 e. The zero-order valence-electron chi connectivity index (χ0n) is 11.9. The molecule has 0 bridgehead atoms. The van der Waals surface area contributed by atoms with Crippen LogP contribution in [0.5, 0.6) is 0 Å². The van der Waals surface area contributed by atoms with E-state index in [4.69, 9.17) is 14.2 Å². The van der Waals surface area contributed by atoms with E-state index in [0.29, 0.717) is 13.2 Å². The van der Waals surface area contributed by atoms with Crippen LogP contribution in [0.2, 0.25) is 0 Å². The molecule has 18 heavy (non-hydrogen) atoms. The molecule has 0 spiro atoms. The summed E-state index contributed by atoms with van der Waals surface area (Å²) < 4.78 is 15.9. The van der Waals surface area contributed by atoms with Crippen LogP contribution in [0.3, 0.4) is 0 Å². The van der Waals surface area contributed by atoms with Crippen molar-refractivity contribution in [2.75, 3.05) is 13.2 Å². The summed E-state index contributed by atoms with van der Waals surface area (Å²) in [6.07, 6.45) is -0.402. The van der Waals surface area contributed by atoms with Crippen molar-refractivity contribution in [1.29, 1.82) is 0 Å². The zero-order chi connectivity index (χ0) is 14.0. The Hall–Kier alpha value is -1.46. The van der Waals surface area contributed by atoms with Gasteiger partial charge < -0.3 is 14.2 Å². The number of carbonyl (C=O) groups is 1. The molecule has 0 fully saturated rings. The van der Waals surface area contributed by atoms with Crippen molar-refractivity contribution in [3.8, 4) is 0 Å². The molecule has 0 aromatic heterocycles. The normalized spacial score (nSPS) is 16.8. The lowest BCUT2D eigenvalue weighted by Gasteiger charge is -2.29. The minimum atomic E-state index is -0.546. The second kappa shape index (κ2) is 5.04. The van der Waals surface area contributed by atoms with Gasteiger partial charge >= 0.3 is 12.2 Å². The maximum atomic E-state index is 11.8. The quantitative estimate of drug-likeness (QED) is 0.669. The zero-order valence-corrected chi connectivity index (χ0v) is 11.9. The summed E-state index contributed by atoms with van der Waals surface area (Å²) in [5.74, 6) is 0. The van der Waals surface area contributed by atoms with Gasteiger partial charge in [0.25, 0.3) is 0 Å². The first-order valence-corrected chi connectivity index (χ1v) is 5.98. The van der Waals surface area contributed by atoms with Gasteiger partial charge in [0, 0.05) is 0 Å². The number of nitrogens with zero attached hydrogens (tertiary/aromatic N) is 2. The fourth-order valence-electron chi connectivity index (χ4n) is 1.16. The molecular weight excluding hydrogens is 236 g/mol. The van der Waals surface area contributed by atoms with Gasteiger partial charge in [-0.3, -0.25) is 0 Å². The first-order valence-electron chi connectivity index (χ1n) is 5.98. The summed E-state index contributed by atoms with van der Waals surface area (Å²) in [4.78, 5) is 11.8. The van der Waals surface area contributed by atoms with E-state index >= 15 is 0 Å². The number of hydrazone groups is 1. The standard InChI is InChI=1S/C12H22N2O4/c1-11(2,3)17-9-13-14(7-8-16-9)10(15)18-12(4,5)6/h7-8H2,1-6H3. The van der Waals surface area contributed by atoms with Gasteiger partial charge in [0.2, 0.25) is 0 Å². The monoisotopic (exact) mass is 258 g/mol. The molecule has 1 heterocycles. The fourth-order valence-corrected chi connectivity index (χ4v) is 1.16. The van der Waals surface area contributed by atoms with Crippen molar-refractivity contribution in [2.24, 2.45) is 5.10 Å². The van der Waals surface area contributed by atoms with Gasteiger partial charge in [0.05, 0.1) is 6.54 Å². The average Bonchev–Trinajstić information content (AvgIpc) is 2.12.